The Kier molecular flexibility index (Phi) is 9.55. The van der Waals surface area contributed by atoms with Gasteiger partial charge < -0.3 is 14.3 Å². The third-order valence-electron chi connectivity index (χ3n) is 13.7. The van der Waals surface area contributed by atoms with Gasteiger partial charge in [-0.25, -0.2) is 0 Å². The molecule has 2 aliphatic heterocycles. The lowest BCUT2D eigenvalue weighted by molar-refractivity contribution is 0.589. The lowest BCUT2D eigenvalue weighted by atomic mass is 9.44. The van der Waals surface area contributed by atoms with Gasteiger partial charge in [-0.2, -0.15) is 0 Å². The molecule has 10 rings (SSSR count). The molecular formula is C60H62BN3. The molecule has 3 heterocycles. The van der Waals surface area contributed by atoms with Crippen LogP contribution in [-0.4, -0.2) is 11.3 Å². The summed E-state index contributed by atoms with van der Waals surface area (Å²) < 4.78 is 2.76. The Morgan fingerprint density at radius 3 is 1.48 bits per heavy atom. The third-order valence-corrected chi connectivity index (χ3v) is 13.7. The molecule has 8 aromatic rings. The summed E-state index contributed by atoms with van der Waals surface area (Å²) in [4.78, 5) is 5.11. The maximum atomic E-state index is 2.76. The predicted octanol–water partition coefficient (Wildman–Crippen LogP) is 15.4. The summed E-state index contributed by atoms with van der Waals surface area (Å²) in [5.41, 5.74) is 21.2. The minimum atomic E-state index is -0.116. The van der Waals surface area contributed by atoms with Crippen LogP contribution >= 0.6 is 0 Å². The Morgan fingerprint density at radius 2 is 0.938 bits per heavy atom. The number of hydrogen-bond donors (Lipinski definition) is 0. The van der Waals surface area contributed by atoms with Crippen LogP contribution < -0.4 is 20.7 Å². The summed E-state index contributed by atoms with van der Waals surface area (Å²) in [6, 6.07) is 60.0. The minimum absolute atomic E-state index is 0.0452. The molecule has 0 aliphatic carbocycles. The summed E-state index contributed by atoms with van der Waals surface area (Å²) in [6.45, 7) is 28.0. The number of nitrogens with zero attached hydrogens (tertiary/aromatic N) is 3. The molecule has 0 unspecified atom stereocenters. The maximum Gasteiger partial charge on any atom is 0.333 e. The molecule has 64 heavy (non-hydrogen) atoms. The average Bonchev–Trinajstić information content (AvgIpc) is 3.59. The van der Waals surface area contributed by atoms with Crippen molar-refractivity contribution in [2.75, 3.05) is 9.80 Å². The van der Waals surface area contributed by atoms with Crippen molar-refractivity contribution >= 4 is 62.8 Å². The van der Waals surface area contributed by atoms with E-state index in [1.165, 1.54) is 89.2 Å². The first-order chi connectivity index (χ1) is 30.3. The number of hydrogen-bond acceptors (Lipinski definition) is 2. The van der Waals surface area contributed by atoms with E-state index in [0.717, 1.165) is 11.4 Å². The normalized spacial score (nSPS) is 13.6. The van der Waals surface area contributed by atoms with Crippen molar-refractivity contribution in [1.82, 2.24) is 4.48 Å². The summed E-state index contributed by atoms with van der Waals surface area (Å²) in [5.74, 6) is 0. The Balaban J connectivity index is 1.43. The third kappa shape index (κ3) is 6.80. The van der Waals surface area contributed by atoms with E-state index < -0.39 is 0 Å². The molecule has 0 atom stereocenters. The van der Waals surface area contributed by atoms with Gasteiger partial charge in [0.2, 0.25) is 0 Å². The first-order valence-electron chi connectivity index (χ1n) is 23.2. The molecule has 0 saturated heterocycles. The summed E-state index contributed by atoms with van der Waals surface area (Å²) in [6.07, 6.45) is 0. The molecule has 0 N–H and O–H groups in total. The van der Waals surface area contributed by atoms with Gasteiger partial charge in [-0.05, 0) is 127 Å². The monoisotopic (exact) mass is 836 g/mol. The highest BCUT2D eigenvalue weighted by Gasteiger charge is 2.46. The molecule has 0 radical (unpaired) electrons. The maximum absolute atomic E-state index is 2.76. The molecule has 2 aliphatic rings. The van der Waals surface area contributed by atoms with Crippen molar-refractivity contribution in [3.8, 4) is 22.4 Å². The van der Waals surface area contributed by atoms with E-state index in [-0.39, 0.29) is 28.5 Å². The van der Waals surface area contributed by atoms with Gasteiger partial charge in [-0.3, -0.25) is 0 Å². The lowest BCUT2D eigenvalue weighted by Gasteiger charge is -2.42. The van der Waals surface area contributed by atoms with Crippen LogP contribution in [0.15, 0.2) is 158 Å². The van der Waals surface area contributed by atoms with Crippen molar-refractivity contribution in [2.24, 2.45) is 0 Å². The van der Waals surface area contributed by atoms with Gasteiger partial charge in [-0.1, -0.05) is 180 Å². The quantitative estimate of drug-likeness (QED) is 0.160. The van der Waals surface area contributed by atoms with Crippen LogP contribution in [0.2, 0.25) is 0 Å². The zero-order valence-electron chi connectivity index (χ0n) is 39.9. The minimum Gasteiger partial charge on any atom is -0.374 e. The van der Waals surface area contributed by atoms with E-state index in [0.29, 0.717) is 0 Å². The SMILES string of the molecule is CC(C)(C)c1ccc(N2c3ccc(C(C)(C)C)cc3B3c4c(cc(C(C)(C)C)cc42)-c2cc(C(C)(C)C)cc4c(N(c5ccccc5)c5ccccc5)c(-c5ccccc5)n3c24)cc1. The average molecular weight is 836 g/mol. The number of anilines is 6. The van der Waals surface area contributed by atoms with Crippen LogP contribution in [0.1, 0.15) is 105 Å². The number of rotatable bonds is 5. The molecule has 7 aromatic carbocycles. The van der Waals surface area contributed by atoms with Gasteiger partial charge in [0.15, 0.2) is 0 Å². The molecule has 0 amide bonds. The van der Waals surface area contributed by atoms with Crippen molar-refractivity contribution in [3.63, 3.8) is 0 Å². The summed E-state index contributed by atoms with van der Waals surface area (Å²) >= 11 is 0. The molecular weight excluding hydrogens is 773 g/mol. The van der Waals surface area contributed by atoms with Crippen LogP contribution in [-0.2, 0) is 21.7 Å². The van der Waals surface area contributed by atoms with Crippen LogP contribution in [0.3, 0.4) is 0 Å². The second-order valence-electron chi connectivity index (χ2n) is 22.4. The zero-order valence-corrected chi connectivity index (χ0v) is 39.9. The Bertz CT molecular complexity index is 3020. The van der Waals surface area contributed by atoms with Crippen LogP contribution in [0, 0.1) is 0 Å². The van der Waals surface area contributed by atoms with Crippen molar-refractivity contribution in [2.45, 2.75) is 105 Å². The number of fused-ring (bicyclic) bond motifs is 4. The van der Waals surface area contributed by atoms with Crippen molar-refractivity contribution in [3.05, 3.63) is 180 Å². The Morgan fingerprint density at radius 1 is 0.438 bits per heavy atom. The van der Waals surface area contributed by atoms with Gasteiger partial charge in [0, 0.05) is 44.9 Å². The Labute approximate surface area is 382 Å². The fraction of sp³-hybridized carbons (Fsp3) is 0.267. The molecule has 320 valence electrons. The number of benzene rings is 7. The lowest BCUT2D eigenvalue weighted by Crippen LogP contribution is -2.57. The first-order valence-corrected chi connectivity index (χ1v) is 23.2. The van der Waals surface area contributed by atoms with E-state index in [1.54, 1.807) is 0 Å². The molecule has 1 aromatic heterocycles. The molecule has 3 nitrogen and oxygen atoms in total. The fourth-order valence-electron chi connectivity index (χ4n) is 10.1. The first kappa shape index (κ1) is 41.7. The fourth-order valence-corrected chi connectivity index (χ4v) is 10.1. The predicted molar refractivity (Wildman–Crippen MR) is 277 cm³/mol. The molecule has 4 heteroatoms. The van der Waals surface area contributed by atoms with E-state index >= 15 is 0 Å². The van der Waals surface area contributed by atoms with Gasteiger partial charge in [0.1, 0.15) is 0 Å². The number of para-hydroxylation sites is 2. The van der Waals surface area contributed by atoms with Gasteiger partial charge >= 0.3 is 6.85 Å². The van der Waals surface area contributed by atoms with E-state index in [1.807, 2.05) is 0 Å². The highest BCUT2D eigenvalue weighted by atomic mass is 15.2. The second-order valence-corrected chi connectivity index (χ2v) is 22.4. The number of aromatic nitrogens is 1. The standard InChI is InChI=1S/C60H62BN3/c1-57(2,3)40-28-31-46(32-29-40)63-51-33-30-41(58(4,5)6)37-50(51)61-53-47(34-43(38-52(53)63)60(10,11)12)48-35-42(59(7,8)9)36-49-55(48)64(61)54(39-22-16-13-17-23-39)56(49)62(44-24-18-14-19-25-44)45-26-20-15-21-27-45/h13-38H,1-12H3. The molecule has 0 bridgehead atoms. The van der Waals surface area contributed by atoms with Crippen molar-refractivity contribution in [1.29, 1.82) is 0 Å². The van der Waals surface area contributed by atoms with Crippen LogP contribution in [0.4, 0.5) is 34.1 Å². The molecule has 0 spiro atoms. The van der Waals surface area contributed by atoms with Crippen molar-refractivity contribution < 1.29 is 0 Å². The highest BCUT2D eigenvalue weighted by molar-refractivity contribution is 6.90. The largest absolute Gasteiger partial charge is 0.374 e. The van der Waals surface area contributed by atoms with Gasteiger partial charge in [-0.15, -0.1) is 0 Å². The summed E-state index contributed by atoms with van der Waals surface area (Å²) in [5, 5.41) is 1.26. The topological polar surface area (TPSA) is 11.4 Å². The van der Waals surface area contributed by atoms with E-state index in [4.69, 9.17) is 0 Å². The molecule has 0 fully saturated rings. The molecule has 0 saturated carbocycles. The van der Waals surface area contributed by atoms with Gasteiger partial charge in [0.05, 0.1) is 11.4 Å². The smallest absolute Gasteiger partial charge is 0.333 e. The Hall–Kier alpha value is -6.26. The van der Waals surface area contributed by atoms with E-state index in [9.17, 15) is 0 Å². The second kappa shape index (κ2) is 14.6. The zero-order chi connectivity index (χ0) is 45.1. The van der Waals surface area contributed by atoms with Gasteiger partial charge in [0.25, 0.3) is 0 Å². The van der Waals surface area contributed by atoms with E-state index in [2.05, 4.69) is 255 Å². The van der Waals surface area contributed by atoms with Crippen LogP contribution in [0.5, 0.6) is 0 Å². The highest BCUT2D eigenvalue weighted by Crippen LogP contribution is 2.54. The van der Waals surface area contributed by atoms with Crippen LogP contribution in [0.25, 0.3) is 33.3 Å². The summed E-state index contributed by atoms with van der Waals surface area (Å²) in [7, 11) is 0.